The van der Waals surface area contributed by atoms with Crippen molar-refractivity contribution < 1.29 is 13.9 Å². The number of amides is 1. The van der Waals surface area contributed by atoms with E-state index in [9.17, 15) is 4.79 Å². The normalized spacial score (nSPS) is 10.6. The lowest BCUT2D eigenvalue weighted by Gasteiger charge is -2.11. The first kappa shape index (κ1) is 19.9. The molecule has 0 aliphatic rings. The molecule has 3 aromatic carbocycles. The van der Waals surface area contributed by atoms with E-state index in [0.29, 0.717) is 39.1 Å². The number of carbonyl (C=O) groups excluding carboxylic acids is 1. The number of hydrogen-bond acceptors (Lipinski definition) is 5. The summed E-state index contributed by atoms with van der Waals surface area (Å²) < 4.78 is 10.9. The summed E-state index contributed by atoms with van der Waals surface area (Å²) in [7, 11) is 1.54. The number of para-hydroxylation sites is 2. The Kier molecular flexibility index (Phi) is 5.65. The van der Waals surface area contributed by atoms with Crippen molar-refractivity contribution in [1.82, 2.24) is 10.3 Å². The minimum absolute atomic E-state index is 0.147. The summed E-state index contributed by atoms with van der Waals surface area (Å²) in [4.78, 5) is 16.9. The fourth-order valence-electron chi connectivity index (χ4n) is 2.86. The highest BCUT2D eigenvalue weighted by Crippen LogP contribution is 2.32. The summed E-state index contributed by atoms with van der Waals surface area (Å²) in [5.74, 6) is 0.637. The first-order valence-electron chi connectivity index (χ1n) is 8.95. The van der Waals surface area contributed by atoms with Crippen LogP contribution < -0.4 is 15.4 Å². The van der Waals surface area contributed by atoms with Gasteiger partial charge in [-0.2, -0.15) is 0 Å². The second kappa shape index (κ2) is 8.52. The van der Waals surface area contributed by atoms with Gasteiger partial charge >= 0.3 is 0 Å². The highest BCUT2D eigenvalue weighted by Gasteiger charge is 2.14. The Morgan fingerprint density at radius 3 is 2.73 bits per heavy atom. The lowest BCUT2D eigenvalue weighted by molar-refractivity contribution is 0.0977. The minimum Gasteiger partial charge on any atom is -0.497 e. The molecule has 150 valence electrons. The first-order chi connectivity index (χ1) is 14.5. The van der Waals surface area contributed by atoms with Gasteiger partial charge in [-0.15, -0.1) is 0 Å². The van der Waals surface area contributed by atoms with Gasteiger partial charge in [0.25, 0.3) is 5.91 Å². The number of fused-ring (bicyclic) bond motifs is 1. The van der Waals surface area contributed by atoms with E-state index in [0.717, 1.165) is 5.52 Å². The Balaban J connectivity index is 1.51. The molecule has 0 atom stereocenters. The van der Waals surface area contributed by atoms with Crippen LogP contribution in [0.15, 0.2) is 71.1 Å². The average molecular weight is 438 g/mol. The summed E-state index contributed by atoms with van der Waals surface area (Å²) in [6, 6.07) is 19.5. The van der Waals surface area contributed by atoms with Crippen molar-refractivity contribution in [1.29, 1.82) is 0 Å². The molecule has 0 spiro atoms. The maximum atomic E-state index is 12.4. The van der Waals surface area contributed by atoms with E-state index in [-0.39, 0.29) is 11.0 Å². The van der Waals surface area contributed by atoms with E-state index < -0.39 is 0 Å². The minimum atomic E-state index is -0.348. The van der Waals surface area contributed by atoms with Crippen LogP contribution in [0.2, 0.25) is 5.02 Å². The van der Waals surface area contributed by atoms with Crippen molar-refractivity contribution in [2.24, 2.45) is 0 Å². The molecule has 0 radical (unpaired) electrons. The highest BCUT2D eigenvalue weighted by atomic mass is 35.5. The largest absolute Gasteiger partial charge is 0.497 e. The van der Waals surface area contributed by atoms with Crippen LogP contribution in [0.25, 0.3) is 22.6 Å². The molecule has 0 aliphatic heterocycles. The lowest BCUT2D eigenvalue weighted by atomic mass is 10.2. The molecule has 4 aromatic rings. The van der Waals surface area contributed by atoms with Crippen LogP contribution in [0.1, 0.15) is 10.4 Å². The summed E-state index contributed by atoms with van der Waals surface area (Å²) in [5.41, 5.74) is 3.08. The van der Waals surface area contributed by atoms with Crippen LogP contribution in [0.4, 0.5) is 5.69 Å². The monoisotopic (exact) mass is 437 g/mol. The molecule has 6 nitrogen and oxygen atoms in total. The van der Waals surface area contributed by atoms with Gasteiger partial charge in [-0.25, -0.2) is 4.98 Å². The number of anilines is 1. The molecular formula is C22H16ClN3O3S. The van der Waals surface area contributed by atoms with E-state index in [1.165, 1.54) is 7.11 Å². The molecular weight excluding hydrogens is 422 g/mol. The van der Waals surface area contributed by atoms with Gasteiger partial charge in [-0.1, -0.05) is 29.8 Å². The van der Waals surface area contributed by atoms with Crippen LogP contribution in [-0.4, -0.2) is 23.1 Å². The zero-order valence-electron chi connectivity index (χ0n) is 15.8. The number of halogens is 1. The standard InChI is InChI=1S/C22H16ClN3O3S/c1-28-15-6-4-5-13(11-15)20(27)26-22(30)24-14-9-10-17(23)16(12-14)21-25-18-7-2-3-8-19(18)29-21/h2-12H,1H3,(H2,24,26,27,30). The topological polar surface area (TPSA) is 76.4 Å². The third kappa shape index (κ3) is 4.27. The number of nitrogens with one attached hydrogen (secondary N) is 2. The van der Waals surface area contributed by atoms with Crippen molar-refractivity contribution in [2.45, 2.75) is 0 Å². The van der Waals surface area contributed by atoms with Crippen molar-refractivity contribution in [3.8, 4) is 17.2 Å². The van der Waals surface area contributed by atoms with Crippen LogP contribution in [0, 0.1) is 0 Å². The summed E-state index contributed by atoms with van der Waals surface area (Å²) in [6.45, 7) is 0. The Hall–Kier alpha value is -3.42. The molecule has 1 heterocycles. The third-order valence-electron chi connectivity index (χ3n) is 4.31. The van der Waals surface area contributed by atoms with Crippen LogP contribution in [0.5, 0.6) is 5.75 Å². The number of benzene rings is 3. The highest BCUT2D eigenvalue weighted by molar-refractivity contribution is 7.80. The molecule has 30 heavy (non-hydrogen) atoms. The summed E-state index contributed by atoms with van der Waals surface area (Å²) >= 11 is 11.6. The fraction of sp³-hybridized carbons (Fsp3) is 0.0455. The number of carbonyl (C=O) groups is 1. The smallest absolute Gasteiger partial charge is 0.257 e. The fourth-order valence-corrected chi connectivity index (χ4v) is 3.27. The molecule has 0 saturated carbocycles. The Morgan fingerprint density at radius 2 is 1.93 bits per heavy atom. The molecule has 1 aromatic heterocycles. The third-order valence-corrected chi connectivity index (χ3v) is 4.84. The van der Waals surface area contributed by atoms with Gasteiger partial charge in [0.05, 0.1) is 17.7 Å². The molecule has 4 rings (SSSR count). The van der Waals surface area contributed by atoms with Gasteiger partial charge in [0, 0.05) is 11.3 Å². The number of methoxy groups -OCH3 is 1. The lowest BCUT2D eigenvalue weighted by Crippen LogP contribution is -2.34. The molecule has 0 unspecified atom stereocenters. The number of aromatic nitrogens is 1. The van der Waals surface area contributed by atoms with Gasteiger partial charge in [0.1, 0.15) is 11.3 Å². The number of oxazole rings is 1. The zero-order chi connectivity index (χ0) is 21.1. The Bertz CT molecular complexity index is 1220. The van der Waals surface area contributed by atoms with Gasteiger partial charge < -0.3 is 14.5 Å². The van der Waals surface area contributed by atoms with E-state index in [1.54, 1.807) is 42.5 Å². The van der Waals surface area contributed by atoms with Gasteiger partial charge in [0.15, 0.2) is 10.7 Å². The molecule has 0 fully saturated rings. The van der Waals surface area contributed by atoms with Crippen LogP contribution in [0.3, 0.4) is 0 Å². The van der Waals surface area contributed by atoms with Crippen LogP contribution >= 0.6 is 23.8 Å². The van der Waals surface area contributed by atoms with Crippen molar-refractivity contribution >= 4 is 51.6 Å². The van der Waals surface area contributed by atoms with E-state index in [1.807, 2.05) is 24.3 Å². The van der Waals surface area contributed by atoms with E-state index in [2.05, 4.69) is 15.6 Å². The van der Waals surface area contributed by atoms with Crippen LogP contribution in [-0.2, 0) is 0 Å². The zero-order valence-corrected chi connectivity index (χ0v) is 17.4. The Labute approximate surface area is 182 Å². The molecule has 0 bridgehead atoms. The first-order valence-corrected chi connectivity index (χ1v) is 9.74. The molecule has 0 saturated heterocycles. The van der Waals surface area contributed by atoms with Crippen molar-refractivity contribution in [3.05, 3.63) is 77.3 Å². The number of nitrogens with zero attached hydrogens (tertiary/aromatic N) is 1. The van der Waals surface area contributed by atoms with Gasteiger partial charge in [0.2, 0.25) is 5.89 Å². The molecule has 0 aliphatic carbocycles. The van der Waals surface area contributed by atoms with Crippen molar-refractivity contribution in [3.63, 3.8) is 0 Å². The molecule has 8 heteroatoms. The maximum absolute atomic E-state index is 12.4. The SMILES string of the molecule is COc1cccc(C(=O)NC(=S)Nc2ccc(Cl)c(-c3nc4ccccc4o3)c2)c1. The number of hydrogen-bond donors (Lipinski definition) is 2. The van der Waals surface area contributed by atoms with E-state index >= 15 is 0 Å². The van der Waals surface area contributed by atoms with Gasteiger partial charge in [-0.05, 0) is 60.7 Å². The summed E-state index contributed by atoms with van der Waals surface area (Å²) in [6.07, 6.45) is 0. The van der Waals surface area contributed by atoms with E-state index in [4.69, 9.17) is 33.0 Å². The second-order valence-corrected chi connectivity index (χ2v) is 7.14. The summed E-state index contributed by atoms with van der Waals surface area (Å²) in [5, 5.41) is 6.26. The van der Waals surface area contributed by atoms with Crippen molar-refractivity contribution in [2.75, 3.05) is 12.4 Å². The Morgan fingerprint density at radius 1 is 1.10 bits per heavy atom. The number of rotatable bonds is 4. The average Bonchev–Trinajstić information content (AvgIpc) is 3.19. The predicted molar refractivity (Wildman–Crippen MR) is 121 cm³/mol. The maximum Gasteiger partial charge on any atom is 0.257 e. The predicted octanol–water partition coefficient (Wildman–Crippen LogP) is 5.28. The quantitative estimate of drug-likeness (QED) is 0.423. The molecule has 2 N–H and O–H groups in total. The van der Waals surface area contributed by atoms with Gasteiger partial charge in [-0.3, -0.25) is 10.1 Å². The number of thiocarbonyl (C=S) groups is 1. The second-order valence-electron chi connectivity index (χ2n) is 6.32. The molecule has 1 amide bonds. The number of ether oxygens (including phenoxy) is 1.